The number of phenols is 1. The molecular formula is C21H20N4O2. The number of carbonyl (C=O) groups is 1. The van der Waals surface area contributed by atoms with Gasteiger partial charge in [0.2, 0.25) is 0 Å². The summed E-state index contributed by atoms with van der Waals surface area (Å²) in [5, 5.41) is 18.3. The summed E-state index contributed by atoms with van der Waals surface area (Å²) in [6.07, 6.45) is 7.28. The van der Waals surface area contributed by atoms with E-state index in [1.165, 1.54) is 6.21 Å². The molecule has 3 aromatic rings. The first-order valence-electron chi connectivity index (χ1n) is 8.49. The number of para-hydroxylation sites is 1. The number of aromatic hydroxyl groups is 1. The third kappa shape index (κ3) is 4.70. The van der Waals surface area contributed by atoms with E-state index in [4.69, 9.17) is 0 Å². The maximum atomic E-state index is 12.3. The number of nitrogens with one attached hydrogen (secondary N) is 1. The van der Waals surface area contributed by atoms with Crippen molar-refractivity contribution in [2.24, 2.45) is 5.10 Å². The normalized spacial score (nSPS) is 10.8. The summed E-state index contributed by atoms with van der Waals surface area (Å²) in [5.74, 6) is -0.188. The van der Waals surface area contributed by atoms with Gasteiger partial charge in [-0.1, -0.05) is 30.3 Å². The van der Waals surface area contributed by atoms with Crippen molar-refractivity contribution in [3.8, 4) is 5.75 Å². The van der Waals surface area contributed by atoms with Gasteiger partial charge in [0.25, 0.3) is 5.91 Å². The Kier molecular flexibility index (Phi) is 5.79. The quantitative estimate of drug-likeness (QED) is 0.386. The maximum absolute atomic E-state index is 12.3. The number of nitrogens with zero attached hydrogens (tertiary/aromatic N) is 3. The van der Waals surface area contributed by atoms with Crippen LogP contribution in [-0.2, 0) is 13.0 Å². The Labute approximate surface area is 157 Å². The summed E-state index contributed by atoms with van der Waals surface area (Å²) in [6, 6.07) is 14.5. The molecule has 0 aliphatic carbocycles. The van der Waals surface area contributed by atoms with Gasteiger partial charge in [0.05, 0.1) is 12.8 Å². The van der Waals surface area contributed by atoms with Crippen LogP contribution in [0.3, 0.4) is 0 Å². The first kappa shape index (κ1) is 18.1. The number of hydrazone groups is 1. The average molecular weight is 360 g/mol. The molecule has 27 heavy (non-hydrogen) atoms. The summed E-state index contributed by atoms with van der Waals surface area (Å²) in [7, 11) is 0. The standard InChI is InChI=1S/C21H20N4O2/c1-2-6-17-8-4-10-19(20(17)26)14-22-24-21(27)18-9-3-7-16(13-18)15-25-12-5-11-23-25/h2-5,7-14,26H,1,6,15H2,(H,24,27)/b22-14+. The van der Waals surface area contributed by atoms with E-state index in [0.717, 1.165) is 11.1 Å². The van der Waals surface area contributed by atoms with Gasteiger partial charge in [-0.15, -0.1) is 6.58 Å². The number of amides is 1. The van der Waals surface area contributed by atoms with Gasteiger partial charge >= 0.3 is 0 Å². The van der Waals surface area contributed by atoms with Crippen LogP contribution in [-0.4, -0.2) is 27.0 Å². The highest BCUT2D eigenvalue weighted by Crippen LogP contribution is 2.21. The third-order valence-corrected chi connectivity index (χ3v) is 3.98. The van der Waals surface area contributed by atoms with Gasteiger partial charge in [0.1, 0.15) is 5.75 Å². The summed E-state index contributed by atoms with van der Waals surface area (Å²) in [5.41, 5.74) is 5.24. The lowest BCUT2D eigenvalue weighted by atomic mass is 10.1. The number of hydrogen-bond donors (Lipinski definition) is 2. The second-order valence-electron chi connectivity index (χ2n) is 5.95. The molecule has 6 nitrogen and oxygen atoms in total. The molecule has 0 spiro atoms. The number of aromatic nitrogens is 2. The second kappa shape index (κ2) is 8.62. The van der Waals surface area contributed by atoms with Crippen molar-refractivity contribution in [1.29, 1.82) is 0 Å². The van der Waals surface area contributed by atoms with E-state index >= 15 is 0 Å². The van der Waals surface area contributed by atoms with Crippen LogP contribution in [0.15, 0.2) is 78.7 Å². The first-order valence-corrected chi connectivity index (χ1v) is 8.49. The van der Waals surface area contributed by atoms with Crippen LogP contribution in [0.4, 0.5) is 0 Å². The molecule has 0 radical (unpaired) electrons. The fourth-order valence-corrected chi connectivity index (χ4v) is 2.65. The van der Waals surface area contributed by atoms with Crippen molar-refractivity contribution in [2.45, 2.75) is 13.0 Å². The average Bonchev–Trinajstić information content (AvgIpc) is 3.18. The topological polar surface area (TPSA) is 79.5 Å². The van der Waals surface area contributed by atoms with Gasteiger partial charge in [-0.3, -0.25) is 9.48 Å². The Hall–Kier alpha value is -3.67. The predicted molar refractivity (Wildman–Crippen MR) is 105 cm³/mol. The molecular weight excluding hydrogens is 340 g/mol. The Bertz CT molecular complexity index is 962. The van der Waals surface area contributed by atoms with Crippen LogP contribution in [0, 0.1) is 0 Å². The maximum Gasteiger partial charge on any atom is 0.271 e. The number of benzene rings is 2. The van der Waals surface area contributed by atoms with E-state index < -0.39 is 0 Å². The number of rotatable bonds is 7. The van der Waals surface area contributed by atoms with Crippen molar-refractivity contribution in [1.82, 2.24) is 15.2 Å². The summed E-state index contributed by atoms with van der Waals surface area (Å²) in [4.78, 5) is 12.3. The summed E-state index contributed by atoms with van der Waals surface area (Å²) < 4.78 is 1.79. The van der Waals surface area contributed by atoms with Gasteiger partial charge in [-0.25, -0.2) is 5.43 Å². The molecule has 2 aromatic carbocycles. The zero-order chi connectivity index (χ0) is 19.1. The van der Waals surface area contributed by atoms with Crippen LogP contribution < -0.4 is 5.43 Å². The molecule has 0 fully saturated rings. The zero-order valence-electron chi connectivity index (χ0n) is 14.7. The van der Waals surface area contributed by atoms with Crippen LogP contribution >= 0.6 is 0 Å². The molecule has 6 heteroatoms. The fraction of sp³-hybridized carbons (Fsp3) is 0.0952. The number of hydrogen-bond acceptors (Lipinski definition) is 4. The van der Waals surface area contributed by atoms with Gasteiger partial charge in [-0.05, 0) is 41.8 Å². The predicted octanol–water partition coefficient (Wildman–Crippen LogP) is 3.13. The van der Waals surface area contributed by atoms with Crippen molar-refractivity contribution < 1.29 is 9.90 Å². The molecule has 0 aliphatic rings. The lowest BCUT2D eigenvalue weighted by Crippen LogP contribution is -2.18. The minimum Gasteiger partial charge on any atom is -0.507 e. The molecule has 2 N–H and O–H groups in total. The zero-order valence-corrected chi connectivity index (χ0v) is 14.7. The summed E-state index contributed by atoms with van der Waals surface area (Å²) in [6.45, 7) is 4.25. The van der Waals surface area contributed by atoms with Gasteiger partial charge in [0.15, 0.2) is 0 Å². The molecule has 1 heterocycles. The van der Waals surface area contributed by atoms with Gasteiger partial charge in [-0.2, -0.15) is 10.2 Å². The number of allylic oxidation sites excluding steroid dienone is 1. The SMILES string of the molecule is C=CCc1cccc(/C=N/NC(=O)c2cccc(Cn3cccn3)c2)c1O. The molecule has 0 unspecified atom stereocenters. The lowest BCUT2D eigenvalue weighted by Gasteiger charge is -2.06. The van der Waals surface area contributed by atoms with Crippen molar-refractivity contribution in [2.75, 3.05) is 0 Å². The van der Waals surface area contributed by atoms with E-state index in [1.54, 1.807) is 35.2 Å². The smallest absolute Gasteiger partial charge is 0.271 e. The van der Waals surface area contributed by atoms with E-state index in [9.17, 15) is 9.90 Å². The van der Waals surface area contributed by atoms with Crippen molar-refractivity contribution >= 4 is 12.1 Å². The monoisotopic (exact) mass is 360 g/mol. The van der Waals surface area contributed by atoms with Gasteiger partial charge < -0.3 is 5.11 Å². The molecule has 3 rings (SSSR count). The Morgan fingerprint density at radius 2 is 2.11 bits per heavy atom. The largest absolute Gasteiger partial charge is 0.507 e. The molecule has 1 aromatic heterocycles. The summed E-state index contributed by atoms with van der Waals surface area (Å²) >= 11 is 0. The van der Waals surface area contributed by atoms with Crippen LogP contribution in [0.25, 0.3) is 0 Å². The van der Waals surface area contributed by atoms with Crippen LogP contribution in [0.1, 0.15) is 27.0 Å². The van der Waals surface area contributed by atoms with E-state index in [1.807, 2.05) is 36.5 Å². The van der Waals surface area contributed by atoms with E-state index in [0.29, 0.717) is 24.1 Å². The first-order chi connectivity index (χ1) is 13.2. The van der Waals surface area contributed by atoms with Crippen molar-refractivity contribution in [3.63, 3.8) is 0 Å². The van der Waals surface area contributed by atoms with E-state index in [-0.39, 0.29) is 11.7 Å². The Morgan fingerprint density at radius 1 is 1.26 bits per heavy atom. The van der Waals surface area contributed by atoms with Crippen molar-refractivity contribution in [3.05, 3.63) is 95.8 Å². The minimum atomic E-state index is -0.324. The lowest BCUT2D eigenvalue weighted by molar-refractivity contribution is 0.0955. The minimum absolute atomic E-state index is 0.136. The highest BCUT2D eigenvalue weighted by Gasteiger charge is 2.07. The Balaban J connectivity index is 1.66. The Morgan fingerprint density at radius 3 is 2.89 bits per heavy atom. The van der Waals surface area contributed by atoms with Crippen LogP contribution in [0.5, 0.6) is 5.75 Å². The molecule has 0 atom stereocenters. The molecule has 0 bridgehead atoms. The molecule has 136 valence electrons. The van der Waals surface area contributed by atoms with Gasteiger partial charge in [0, 0.05) is 23.5 Å². The number of phenolic OH excluding ortho intramolecular Hbond substituents is 1. The second-order valence-corrected chi connectivity index (χ2v) is 5.95. The highest BCUT2D eigenvalue weighted by molar-refractivity contribution is 5.95. The van der Waals surface area contributed by atoms with E-state index in [2.05, 4.69) is 22.2 Å². The molecule has 1 amide bonds. The van der Waals surface area contributed by atoms with Crippen LogP contribution in [0.2, 0.25) is 0 Å². The molecule has 0 saturated heterocycles. The molecule has 0 saturated carbocycles. The third-order valence-electron chi connectivity index (χ3n) is 3.98. The molecule has 0 aliphatic heterocycles. The number of carbonyl (C=O) groups excluding carboxylic acids is 1. The fourth-order valence-electron chi connectivity index (χ4n) is 2.65. The highest BCUT2D eigenvalue weighted by atomic mass is 16.3.